The highest BCUT2D eigenvalue weighted by atomic mass is 16.5. The fraction of sp³-hybridized carbons (Fsp3) is 0.696. The lowest BCUT2D eigenvalue weighted by atomic mass is 10.00. The van der Waals surface area contributed by atoms with Crippen LogP contribution in [0.3, 0.4) is 0 Å². The van der Waals surface area contributed by atoms with Gasteiger partial charge in [0.1, 0.15) is 37.7 Å². The summed E-state index contributed by atoms with van der Waals surface area (Å²) in [5, 5.41) is 13.0. The third kappa shape index (κ3) is 4.55. The van der Waals surface area contributed by atoms with Crippen molar-refractivity contribution in [1.82, 2.24) is 20.2 Å². The highest BCUT2D eigenvalue weighted by Gasteiger charge is 2.40. The number of nitrogens with zero attached hydrogens (tertiary/aromatic N) is 4. The van der Waals surface area contributed by atoms with E-state index in [4.69, 9.17) is 9.47 Å². The number of nitrogens with one attached hydrogen (secondary N) is 2. The van der Waals surface area contributed by atoms with Gasteiger partial charge >= 0.3 is 0 Å². The average Bonchev–Trinajstić information content (AvgIpc) is 3.47. The molecule has 0 unspecified atom stereocenters. The fourth-order valence-corrected chi connectivity index (χ4v) is 5.37. The topological polar surface area (TPSA) is 70.9 Å². The monoisotopic (exact) mass is 430 g/mol. The molecule has 1 atom stereocenters. The summed E-state index contributed by atoms with van der Waals surface area (Å²) in [6.07, 6.45) is 5.58. The van der Waals surface area contributed by atoms with E-state index in [-0.39, 0.29) is 11.6 Å². The van der Waals surface area contributed by atoms with Gasteiger partial charge in [0.2, 0.25) is 5.82 Å². The third-order valence-electron chi connectivity index (χ3n) is 7.01. The third-order valence-corrected chi connectivity index (χ3v) is 7.01. The molecular formula is C23H38N6O2+2. The molecule has 1 aliphatic carbocycles. The molecule has 0 spiro atoms. The molecule has 1 saturated heterocycles. The summed E-state index contributed by atoms with van der Waals surface area (Å²) in [6, 6.07) is 6.96. The van der Waals surface area contributed by atoms with Gasteiger partial charge in [-0.2, -0.15) is 0 Å². The van der Waals surface area contributed by atoms with E-state index in [0.29, 0.717) is 0 Å². The Morgan fingerprint density at radius 3 is 2.35 bits per heavy atom. The predicted octanol–water partition coefficient (Wildman–Crippen LogP) is 0.261. The number of quaternary nitrogens is 2. The van der Waals surface area contributed by atoms with Crippen LogP contribution in [-0.4, -0.2) is 66.6 Å². The van der Waals surface area contributed by atoms with Gasteiger partial charge in [-0.15, -0.1) is 5.10 Å². The maximum absolute atomic E-state index is 5.81. The van der Waals surface area contributed by atoms with Crippen LogP contribution in [0.15, 0.2) is 18.2 Å². The fourth-order valence-electron chi connectivity index (χ4n) is 5.37. The van der Waals surface area contributed by atoms with E-state index in [1.165, 1.54) is 43.7 Å². The summed E-state index contributed by atoms with van der Waals surface area (Å²) >= 11 is 0. The SMILES string of the molecule is COc1ccc([C@@H](c2nnnn2C(C)(C)C)[NH+]2CC[NH+](C3CCCC3)CC2)c(OC)c1. The van der Waals surface area contributed by atoms with Gasteiger partial charge in [0, 0.05) is 6.07 Å². The van der Waals surface area contributed by atoms with Crippen LogP contribution in [-0.2, 0) is 5.54 Å². The minimum absolute atomic E-state index is 0.0141. The molecule has 4 rings (SSSR count). The number of methoxy groups -OCH3 is 2. The van der Waals surface area contributed by atoms with Crippen LogP contribution in [0, 0.1) is 0 Å². The lowest BCUT2D eigenvalue weighted by Gasteiger charge is -2.37. The lowest BCUT2D eigenvalue weighted by molar-refractivity contribution is -1.03. The number of tetrazole rings is 1. The molecule has 1 aromatic carbocycles. The molecule has 0 amide bonds. The van der Waals surface area contributed by atoms with Gasteiger partial charge in [-0.05, 0) is 69.0 Å². The zero-order valence-corrected chi connectivity index (χ0v) is 19.6. The zero-order valence-electron chi connectivity index (χ0n) is 19.6. The van der Waals surface area contributed by atoms with E-state index < -0.39 is 0 Å². The van der Waals surface area contributed by atoms with Crippen molar-refractivity contribution in [3.05, 3.63) is 29.6 Å². The highest BCUT2D eigenvalue weighted by Crippen LogP contribution is 2.32. The zero-order chi connectivity index (χ0) is 22.0. The summed E-state index contributed by atoms with van der Waals surface area (Å²) in [4.78, 5) is 3.29. The Morgan fingerprint density at radius 1 is 1.03 bits per heavy atom. The summed E-state index contributed by atoms with van der Waals surface area (Å²) < 4.78 is 13.2. The summed E-state index contributed by atoms with van der Waals surface area (Å²) in [5.74, 6) is 2.52. The number of rotatable bonds is 6. The van der Waals surface area contributed by atoms with Gasteiger partial charge in [-0.1, -0.05) is 0 Å². The van der Waals surface area contributed by atoms with Crippen LogP contribution >= 0.6 is 0 Å². The first-order valence-corrected chi connectivity index (χ1v) is 11.6. The lowest BCUT2D eigenvalue weighted by Crippen LogP contribution is -3.29. The first-order valence-electron chi connectivity index (χ1n) is 11.6. The normalized spacial score (nSPS) is 23.6. The highest BCUT2D eigenvalue weighted by molar-refractivity contribution is 5.43. The smallest absolute Gasteiger partial charge is 0.214 e. The van der Waals surface area contributed by atoms with Gasteiger partial charge in [0.25, 0.3) is 0 Å². The Labute approximate surface area is 185 Å². The van der Waals surface area contributed by atoms with Gasteiger partial charge in [0.05, 0.1) is 31.4 Å². The van der Waals surface area contributed by atoms with Crippen molar-refractivity contribution in [3.8, 4) is 11.5 Å². The Morgan fingerprint density at radius 2 is 1.74 bits per heavy atom. The van der Waals surface area contributed by atoms with Crippen molar-refractivity contribution in [2.75, 3.05) is 40.4 Å². The van der Waals surface area contributed by atoms with Crippen LogP contribution in [0.5, 0.6) is 11.5 Å². The number of piperazine rings is 1. The molecule has 1 aliphatic heterocycles. The molecular weight excluding hydrogens is 392 g/mol. The van der Waals surface area contributed by atoms with Crippen molar-refractivity contribution < 1.29 is 19.3 Å². The minimum atomic E-state index is -0.201. The maximum Gasteiger partial charge on any atom is 0.214 e. The second-order valence-electron chi connectivity index (χ2n) is 9.96. The van der Waals surface area contributed by atoms with Crippen molar-refractivity contribution in [1.29, 1.82) is 0 Å². The molecule has 170 valence electrons. The van der Waals surface area contributed by atoms with E-state index in [1.54, 1.807) is 19.1 Å². The molecule has 8 heteroatoms. The molecule has 1 saturated carbocycles. The predicted molar refractivity (Wildman–Crippen MR) is 118 cm³/mol. The Hall–Kier alpha value is -2.19. The average molecular weight is 431 g/mol. The summed E-state index contributed by atoms with van der Waals surface area (Å²) in [6.45, 7) is 11.0. The quantitative estimate of drug-likeness (QED) is 0.688. The first-order chi connectivity index (χ1) is 14.9. The first kappa shape index (κ1) is 22.0. The molecule has 2 aromatic rings. The maximum atomic E-state index is 5.81. The van der Waals surface area contributed by atoms with E-state index in [0.717, 1.165) is 42.0 Å². The number of hydrogen-bond donors (Lipinski definition) is 2. The molecule has 31 heavy (non-hydrogen) atoms. The van der Waals surface area contributed by atoms with Crippen LogP contribution < -0.4 is 19.3 Å². The Kier molecular flexibility index (Phi) is 6.48. The van der Waals surface area contributed by atoms with Crippen LogP contribution in [0.1, 0.15) is 63.9 Å². The molecule has 0 radical (unpaired) electrons. The minimum Gasteiger partial charge on any atom is -0.497 e. The second-order valence-corrected chi connectivity index (χ2v) is 9.96. The number of aromatic nitrogens is 4. The number of benzene rings is 1. The van der Waals surface area contributed by atoms with Crippen molar-refractivity contribution in [3.63, 3.8) is 0 Å². The van der Waals surface area contributed by atoms with Gasteiger partial charge < -0.3 is 19.3 Å². The van der Waals surface area contributed by atoms with Crippen molar-refractivity contribution >= 4 is 0 Å². The van der Waals surface area contributed by atoms with Gasteiger partial charge in [0.15, 0.2) is 6.04 Å². The summed E-state index contributed by atoms with van der Waals surface area (Å²) in [7, 11) is 3.40. The molecule has 2 N–H and O–H groups in total. The molecule has 2 aliphatic rings. The van der Waals surface area contributed by atoms with Crippen LogP contribution in [0.4, 0.5) is 0 Å². The molecule has 0 bridgehead atoms. The molecule has 8 nitrogen and oxygen atoms in total. The number of hydrogen-bond acceptors (Lipinski definition) is 5. The van der Waals surface area contributed by atoms with E-state index in [1.807, 2.05) is 16.8 Å². The van der Waals surface area contributed by atoms with Crippen molar-refractivity contribution in [2.45, 2.75) is 64.1 Å². The Bertz CT molecular complexity index is 863. The number of ether oxygens (including phenoxy) is 2. The Balaban J connectivity index is 1.69. The van der Waals surface area contributed by atoms with Crippen LogP contribution in [0.25, 0.3) is 0 Å². The molecule has 2 heterocycles. The van der Waals surface area contributed by atoms with E-state index in [2.05, 4.69) is 42.4 Å². The van der Waals surface area contributed by atoms with Gasteiger partial charge in [-0.25, -0.2) is 4.68 Å². The summed E-state index contributed by atoms with van der Waals surface area (Å²) in [5.41, 5.74) is 0.913. The van der Waals surface area contributed by atoms with E-state index in [9.17, 15) is 0 Å². The van der Waals surface area contributed by atoms with Crippen LogP contribution in [0.2, 0.25) is 0 Å². The van der Waals surface area contributed by atoms with Gasteiger partial charge in [-0.3, -0.25) is 0 Å². The standard InChI is InChI=1S/C23H36N6O2/c1-23(2,3)29-22(24-25-26-29)21(19-11-10-18(30-4)16-20(19)31-5)28-14-12-27(13-15-28)17-8-6-7-9-17/h10-11,16-17,21H,6-9,12-15H2,1-5H3/p+2/t21-/m0/s1. The molecule has 1 aromatic heterocycles. The second kappa shape index (κ2) is 9.12. The largest absolute Gasteiger partial charge is 0.497 e. The van der Waals surface area contributed by atoms with Crippen molar-refractivity contribution in [2.24, 2.45) is 0 Å². The molecule has 2 fully saturated rings. The van der Waals surface area contributed by atoms with E-state index >= 15 is 0 Å².